The van der Waals surface area contributed by atoms with Crippen LogP contribution in [0.25, 0.3) is 0 Å². The molecule has 0 aromatic heterocycles. The molecule has 2 N–H and O–H groups in total. The predicted octanol–water partition coefficient (Wildman–Crippen LogP) is 3.13. The van der Waals surface area contributed by atoms with E-state index in [9.17, 15) is 0 Å². The zero-order chi connectivity index (χ0) is 13.2. The summed E-state index contributed by atoms with van der Waals surface area (Å²) in [6.07, 6.45) is 7.80. The van der Waals surface area contributed by atoms with Crippen LogP contribution in [0.2, 0.25) is 0 Å². The lowest BCUT2D eigenvalue weighted by atomic mass is 9.77. The molecule has 104 valence electrons. The van der Waals surface area contributed by atoms with Crippen LogP contribution < -0.4 is 5.73 Å². The van der Waals surface area contributed by atoms with Gasteiger partial charge in [-0.25, -0.2) is 0 Å². The van der Waals surface area contributed by atoms with E-state index in [0.717, 1.165) is 6.04 Å². The Morgan fingerprint density at radius 2 is 1.79 bits per heavy atom. The van der Waals surface area contributed by atoms with Crippen LogP contribution in [-0.4, -0.2) is 30.1 Å². The maximum Gasteiger partial charge on any atom is 0.0252 e. The van der Waals surface area contributed by atoms with Crippen LogP contribution in [0.4, 0.5) is 0 Å². The van der Waals surface area contributed by atoms with Gasteiger partial charge in [-0.05, 0) is 50.6 Å². The highest BCUT2D eigenvalue weighted by atomic mass is 15.2. The molecule has 0 saturated heterocycles. The Morgan fingerprint density at radius 3 is 2.42 bits per heavy atom. The Bertz CT molecular complexity index is 399. The van der Waals surface area contributed by atoms with E-state index in [2.05, 4.69) is 42.3 Å². The molecule has 0 radical (unpaired) electrons. The molecule has 2 heteroatoms. The second kappa shape index (κ2) is 5.64. The molecule has 2 aliphatic carbocycles. The van der Waals surface area contributed by atoms with E-state index in [1.165, 1.54) is 44.1 Å². The first kappa shape index (κ1) is 13.1. The lowest BCUT2D eigenvalue weighted by molar-refractivity contribution is 0.0706. The van der Waals surface area contributed by atoms with E-state index < -0.39 is 0 Å². The molecule has 1 aromatic rings. The Labute approximate surface area is 117 Å². The fraction of sp³-hybridized carbons (Fsp3) is 0.647. The zero-order valence-electron chi connectivity index (χ0n) is 12.0. The summed E-state index contributed by atoms with van der Waals surface area (Å²) in [5, 5.41) is 0. The number of likely N-dealkylation sites (N-methyl/N-ethyl adjacent to an activating group) is 1. The second-order valence-corrected chi connectivity index (χ2v) is 6.40. The third kappa shape index (κ3) is 2.70. The van der Waals surface area contributed by atoms with Gasteiger partial charge in [-0.2, -0.15) is 0 Å². The molecule has 3 unspecified atom stereocenters. The van der Waals surface area contributed by atoms with Crippen molar-refractivity contribution >= 4 is 0 Å². The molecule has 0 bridgehead atoms. The van der Waals surface area contributed by atoms with E-state index in [0.29, 0.717) is 18.0 Å². The van der Waals surface area contributed by atoms with Gasteiger partial charge in [0.1, 0.15) is 0 Å². The zero-order valence-corrected chi connectivity index (χ0v) is 12.0. The fourth-order valence-electron chi connectivity index (χ4n) is 3.73. The Hall–Kier alpha value is -0.860. The average Bonchev–Trinajstić information content (AvgIpc) is 2.38. The number of nitrogens with zero attached hydrogens (tertiary/aromatic N) is 1. The van der Waals surface area contributed by atoms with Crippen molar-refractivity contribution in [3.05, 3.63) is 35.9 Å². The van der Waals surface area contributed by atoms with Gasteiger partial charge in [0.2, 0.25) is 0 Å². The monoisotopic (exact) mass is 258 g/mol. The van der Waals surface area contributed by atoms with Crippen molar-refractivity contribution in [2.75, 3.05) is 7.05 Å². The van der Waals surface area contributed by atoms with Crippen molar-refractivity contribution in [1.82, 2.24) is 4.90 Å². The highest BCUT2D eigenvalue weighted by Gasteiger charge is 2.35. The number of hydrogen-bond acceptors (Lipinski definition) is 2. The van der Waals surface area contributed by atoms with Crippen LogP contribution in [0, 0.1) is 0 Å². The Morgan fingerprint density at radius 1 is 1.05 bits per heavy atom. The van der Waals surface area contributed by atoms with E-state index >= 15 is 0 Å². The van der Waals surface area contributed by atoms with Crippen molar-refractivity contribution in [2.45, 2.75) is 62.6 Å². The van der Waals surface area contributed by atoms with Crippen molar-refractivity contribution in [3.63, 3.8) is 0 Å². The van der Waals surface area contributed by atoms with E-state index in [-0.39, 0.29) is 0 Å². The summed E-state index contributed by atoms with van der Waals surface area (Å²) in [7, 11) is 2.29. The van der Waals surface area contributed by atoms with Crippen LogP contribution in [-0.2, 0) is 0 Å². The first-order chi connectivity index (χ1) is 9.25. The highest BCUT2D eigenvalue weighted by molar-refractivity contribution is 5.21. The van der Waals surface area contributed by atoms with Gasteiger partial charge in [-0.15, -0.1) is 0 Å². The van der Waals surface area contributed by atoms with Gasteiger partial charge in [0, 0.05) is 18.1 Å². The molecule has 3 atom stereocenters. The van der Waals surface area contributed by atoms with Gasteiger partial charge >= 0.3 is 0 Å². The molecule has 3 rings (SSSR count). The van der Waals surface area contributed by atoms with Crippen LogP contribution in [0.3, 0.4) is 0 Å². The summed E-state index contributed by atoms with van der Waals surface area (Å²) in [5.74, 6) is 0.702. The average molecular weight is 258 g/mol. The minimum absolute atomic E-state index is 0.366. The van der Waals surface area contributed by atoms with Crippen molar-refractivity contribution in [3.8, 4) is 0 Å². The van der Waals surface area contributed by atoms with E-state index in [1.54, 1.807) is 0 Å². The smallest absolute Gasteiger partial charge is 0.0252 e. The summed E-state index contributed by atoms with van der Waals surface area (Å²) in [6.45, 7) is 0. The Balaban J connectivity index is 1.70. The maximum absolute atomic E-state index is 6.40. The van der Waals surface area contributed by atoms with Gasteiger partial charge in [-0.3, -0.25) is 4.90 Å². The van der Waals surface area contributed by atoms with Gasteiger partial charge in [0.25, 0.3) is 0 Å². The fourth-order valence-corrected chi connectivity index (χ4v) is 3.73. The number of benzene rings is 1. The van der Waals surface area contributed by atoms with E-state index in [4.69, 9.17) is 5.73 Å². The molecule has 0 heterocycles. The normalized spacial score (nSPS) is 32.3. The number of rotatable bonds is 3. The van der Waals surface area contributed by atoms with Gasteiger partial charge in [-0.1, -0.05) is 36.8 Å². The van der Waals surface area contributed by atoms with Crippen molar-refractivity contribution < 1.29 is 0 Å². The topological polar surface area (TPSA) is 29.3 Å². The number of hydrogen-bond donors (Lipinski definition) is 1. The minimum Gasteiger partial charge on any atom is -0.326 e. The predicted molar refractivity (Wildman–Crippen MR) is 80.2 cm³/mol. The first-order valence-corrected chi connectivity index (χ1v) is 7.78. The van der Waals surface area contributed by atoms with Crippen LogP contribution in [0.5, 0.6) is 0 Å². The quantitative estimate of drug-likeness (QED) is 0.902. The van der Waals surface area contributed by atoms with Gasteiger partial charge in [0.05, 0.1) is 0 Å². The van der Waals surface area contributed by atoms with Crippen LogP contribution >= 0.6 is 0 Å². The van der Waals surface area contributed by atoms with Crippen molar-refractivity contribution in [1.29, 1.82) is 0 Å². The Kier molecular flexibility index (Phi) is 3.90. The third-order valence-corrected chi connectivity index (χ3v) is 5.31. The largest absolute Gasteiger partial charge is 0.326 e. The molecule has 1 aromatic carbocycles. The summed E-state index contributed by atoms with van der Waals surface area (Å²) in [5.41, 5.74) is 7.90. The number of nitrogens with two attached hydrogens (primary N) is 1. The van der Waals surface area contributed by atoms with Gasteiger partial charge in [0.15, 0.2) is 0 Å². The second-order valence-electron chi connectivity index (χ2n) is 6.40. The SMILES string of the molecule is CN(C1CCC1)C1CC(c2ccccc2)CCC1N. The minimum atomic E-state index is 0.366. The molecule has 2 fully saturated rings. The molecule has 19 heavy (non-hydrogen) atoms. The molecular weight excluding hydrogens is 232 g/mol. The summed E-state index contributed by atoms with van der Waals surface area (Å²) in [4.78, 5) is 2.59. The first-order valence-electron chi connectivity index (χ1n) is 7.78. The summed E-state index contributed by atoms with van der Waals surface area (Å²) < 4.78 is 0. The molecule has 0 amide bonds. The van der Waals surface area contributed by atoms with Crippen LogP contribution in [0.15, 0.2) is 30.3 Å². The van der Waals surface area contributed by atoms with E-state index in [1.807, 2.05) is 0 Å². The molecule has 2 aliphatic rings. The van der Waals surface area contributed by atoms with Crippen molar-refractivity contribution in [2.24, 2.45) is 5.73 Å². The lowest BCUT2D eigenvalue weighted by Crippen LogP contribution is -2.54. The standard InChI is InChI=1S/C17H26N2/c1-19(15-8-5-9-15)17-12-14(10-11-16(17)18)13-6-3-2-4-7-13/h2-4,6-7,14-17H,5,8-12,18H2,1H3. The molecular formula is C17H26N2. The third-order valence-electron chi connectivity index (χ3n) is 5.31. The molecule has 0 spiro atoms. The highest BCUT2D eigenvalue weighted by Crippen LogP contribution is 2.36. The molecule has 0 aliphatic heterocycles. The van der Waals surface area contributed by atoms with Crippen LogP contribution in [0.1, 0.15) is 50.0 Å². The molecule has 2 saturated carbocycles. The summed E-state index contributed by atoms with van der Waals surface area (Å²) in [6, 6.07) is 12.7. The maximum atomic E-state index is 6.40. The lowest BCUT2D eigenvalue weighted by Gasteiger charge is -2.46. The van der Waals surface area contributed by atoms with Gasteiger partial charge < -0.3 is 5.73 Å². The molecule has 2 nitrogen and oxygen atoms in total. The summed E-state index contributed by atoms with van der Waals surface area (Å²) >= 11 is 0.